The minimum Gasteiger partial charge on any atom is -0.482 e. The lowest BCUT2D eigenvalue weighted by Crippen LogP contribution is -2.12. The molecule has 0 radical (unpaired) electrons. The SMILES string of the molecule is N#Cc1ccc(C(=O)COc2ccc(Br)cc2F)cc1. The molecule has 20 heavy (non-hydrogen) atoms. The molecular weight excluding hydrogens is 325 g/mol. The van der Waals surface area contributed by atoms with Gasteiger partial charge < -0.3 is 4.74 Å². The van der Waals surface area contributed by atoms with E-state index in [1.807, 2.05) is 6.07 Å². The first-order chi connectivity index (χ1) is 9.60. The van der Waals surface area contributed by atoms with Gasteiger partial charge in [0.15, 0.2) is 24.0 Å². The predicted octanol–water partition coefficient (Wildman–Crippen LogP) is 3.72. The van der Waals surface area contributed by atoms with Crippen LogP contribution in [-0.2, 0) is 0 Å². The molecule has 0 aromatic heterocycles. The number of carbonyl (C=O) groups excluding carboxylic acids is 1. The number of ether oxygens (including phenoxy) is 1. The molecule has 0 aliphatic heterocycles. The molecule has 0 atom stereocenters. The van der Waals surface area contributed by atoms with Crippen molar-refractivity contribution in [1.29, 1.82) is 5.26 Å². The van der Waals surface area contributed by atoms with Crippen molar-refractivity contribution in [2.24, 2.45) is 0 Å². The third kappa shape index (κ3) is 3.43. The fourth-order valence-corrected chi connectivity index (χ4v) is 1.88. The first-order valence-electron chi connectivity index (χ1n) is 5.71. The number of nitrogens with zero attached hydrogens (tertiary/aromatic N) is 1. The predicted molar refractivity (Wildman–Crippen MR) is 75.1 cm³/mol. The molecule has 3 nitrogen and oxygen atoms in total. The maximum Gasteiger partial charge on any atom is 0.200 e. The van der Waals surface area contributed by atoms with Crippen LogP contribution in [-0.4, -0.2) is 12.4 Å². The molecule has 0 heterocycles. The largest absolute Gasteiger partial charge is 0.482 e. The second kappa shape index (κ2) is 6.31. The van der Waals surface area contributed by atoms with E-state index in [2.05, 4.69) is 15.9 Å². The van der Waals surface area contributed by atoms with Gasteiger partial charge in [-0.3, -0.25) is 4.79 Å². The smallest absolute Gasteiger partial charge is 0.200 e. The van der Waals surface area contributed by atoms with Crippen molar-refractivity contribution in [2.75, 3.05) is 6.61 Å². The Morgan fingerprint density at radius 3 is 2.55 bits per heavy atom. The van der Waals surface area contributed by atoms with Gasteiger partial charge in [0.1, 0.15) is 0 Å². The Balaban J connectivity index is 2.03. The molecule has 0 aliphatic carbocycles. The van der Waals surface area contributed by atoms with E-state index in [1.54, 1.807) is 30.3 Å². The average Bonchev–Trinajstić information content (AvgIpc) is 2.46. The number of carbonyl (C=O) groups is 1. The number of hydrogen-bond donors (Lipinski definition) is 0. The van der Waals surface area contributed by atoms with E-state index in [4.69, 9.17) is 10.00 Å². The van der Waals surface area contributed by atoms with Gasteiger partial charge >= 0.3 is 0 Å². The van der Waals surface area contributed by atoms with E-state index >= 15 is 0 Å². The number of Topliss-reactive ketones (excluding diaryl/α,β-unsaturated/α-hetero) is 1. The monoisotopic (exact) mass is 333 g/mol. The summed E-state index contributed by atoms with van der Waals surface area (Å²) in [5.74, 6) is -0.793. The highest BCUT2D eigenvalue weighted by Crippen LogP contribution is 2.21. The van der Waals surface area contributed by atoms with E-state index in [0.717, 1.165) is 0 Å². The van der Waals surface area contributed by atoms with Gasteiger partial charge in [0.25, 0.3) is 0 Å². The zero-order valence-electron chi connectivity index (χ0n) is 10.3. The lowest BCUT2D eigenvalue weighted by Gasteiger charge is -2.07. The minimum absolute atomic E-state index is 0.0233. The number of ketones is 1. The summed E-state index contributed by atoms with van der Waals surface area (Å²) in [6, 6.07) is 12.5. The molecular formula is C15H9BrFNO2. The van der Waals surface area contributed by atoms with Crippen LogP contribution in [0.2, 0.25) is 0 Å². The summed E-state index contributed by atoms with van der Waals surface area (Å²) in [5.41, 5.74) is 0.892. The summed E-state index contributed by atoms with van der Waals surface area (Å²) in [5, 5.41) is 8.67. The second-order valence-electron chi connectivity index (χ2n) is 3.98. The maximum absolute atomic E-state index is 13.5. The van der Waals surface area contributed by atoms with Crippen LogP contribution >= 0.6 is 15.9 Å². The van der Waals surface area contributed by atoms with Crippen molar-refractivity contribution in [3.63, 3.8) is 0 Å². The van der Waals surface area contributed by atoms with Crippen LogP contribution in [0.15, 0.2) is 46.9 Å². The Morgan fingerprint density at radius 1 is 1.25 bits per heavy atom. The Morgan fingerprint density at radius 2 is 1.95 bits per heavy atom. The molecule has 2 aromatic carbocycles. The van der Waals surface area contributed by atoms with Crippen molar-refractivity contribution in [3.8, 4) is 11.8 Å². The fourth-order valence-electron chi connectivity index (χ4n) is 1.55. The van der Waals surface area contributed by atoms with E-state index in [-0.39, 0.29) is 18.1 Å². The second-order valence-corrected chi connectivity index (χ2v) is 4.89. The fraction of sp³-hybridized carbons (Fsp3) is 0.0667. The van der Waals surface area contributed by atoms with Crippen LogP contribution < -0.4 is 4.74 Å². The zero-order valence-corrected chi connectivity index (χ0v) is 11.9. The van der Waals surface area contributed by atoms with Crippen LogP contribution in [0.25, 0.3) is 0 Å². The first kappa shape index (κ1) is 14.2. The van der Waals surface area contributed by atoms with Crippen molar-refractivity contribution in [1.82, 2.24) is 0 Å². The lowest BCUT2D eigenvalue weighted by atomic mass is 10.1. The summed E-state index contributed by atoms with van der Waals surface area (Å²) in [7, 11) is 0. The highest BCUT2D eigenvalue weighted by Gasteiger charge is 2.09. The quantitative estimate of drug-likeness (QED) is 0.801. The van der Waals surface area contributed by atoms with E-state index < -0.39 is 5.82 Å². The molecule has 0 amide bonds. The summed E-state index contributed by atoms with van der Waals surface area (Å²) < 4.78 is 19.3. The highest BCUT2D eigenvalue weighted by molar-refractivity contribution is 9.10. The van der Waals surface area contributed by atoms with Gasteiger partial charge in [0.05, 0.1) is 11.6 Å². The van der Waals surface area contributed by atoms with Crippen LogP contribution in [0.4, 0.5) is 4.39 Å². The maximum atomic E-state index is 13.5. The van der Waals surface area contributed by atoms with Gasteiger partial charge in [0.2, 0.25) is 0 Å². The van der Waals surface area contributed by atoms with E-state index in [0.29, 0.717) is 15.6 Å². The summed E-state index contributed by atoms with van der Waals surface area (Å²) in [6.07, 6.45) is 0. The van der Waals surface area contributed by atoms with Crippen molar-refractivity contribution in [3.05, 3.63) is 63.9 Å². The number of rotatable bonds is 4. The van der Waals surface area contributed by atoms with E-state index in [1.165, 1.54) is 12.1 Å². The third-order valence-electron chi connectivity index (χ3n) is 2.59. The van der Waals surface area contributed by atoms with Gasteiger partial charge in [-0.05, 0) is 42.5 Å². The Hall–Kier alpha value is -2.19. The van der Waals surface area contributed by atoms with Crippen molar-refractivity contribution >= 4 is 21.7 Å². The summed E-state index contributed by atoms with van der Waals surface area (Å²) >= 11 is 3.14. The van der Waals surface area contributed by atoms with E-state index in [9.17, 15) is 9.18 Å². The van der Waals surface area contributed by atoms with Gasteiger partial charge in [0, 0.05) is 10.0 Å². The Labute approximate surface area is 123 Å². The molecule has 0 saturated carbocycles. The third-order valence-corrected chi connectivity index (χ3v) is 3.08. The molecule has 0 fully saturated rings. The molecule has 0 spiro atoms. The molecule has 0 saturated heterocycles. The standard InChI is InChI=1S/C15H9BrFNO2/c16-12-5-6-15(13(17)7-12)20-9-14(19)11-3-1-10(8-18)2-4-11/h1-7H,9H2. The molecule has 2 rings (SSSR count). The van der Waals surface area contributed by atoms with Crippen molar-refractivity contribution < 1.29 is 13.9 Å². The highest BCUT2D eigenvalue weighted by atomic mass is 79.9. The van der Waals surface area contributed by atoms with Crippen molar-refractivity contribution in [2.45, 2.75) is 0 Å². The molecule has 0 N–H and O–H groups in total. The summed E-state index contributed by atoms with van der Waals surface area (Å²) in [4.78, 5) is 11.9. The van der Waals surface area contributed by atoms with Gasteiger partial charge in [-0.1, -0.05) is 15.9 Å². The topological polar surface area (TPSA) is 50.1 Å². The number of nitriles is 1. The van der Waals surface area contributed by atoms with Gasteiger partial charge in [-0.2, -0.15) is 5.26 Å². The molecule has 5 heteroatoms. The molecule has 0 bridgehead atoms. The molecule has 0 aliphatic rings. The van der Waals surface area contributed by atoms with Crippen LogP contribution in [0.5, 0.6) is 5.75 Å². The van der Waals surface area contributed by atoms with Gasteiger partial charge in [-0.15, -0.1) is 0 Å². The van der Waals surface area contributed by atoms with Crippen LogP contribution in [0, 0.1) is 17.1 Å². The molecule has 0 unspecified atom stereocenters. The Bertz CT molecular complexity index is 677. The molecule has 100 valence electrons. The van der Waals surface area contributed by atoms with Gasteiger partial charge in [-0.25, -0.2) is 4.39 Å². The summed E-state index contributed by atoms with van der Waals surface area (Å²) in [6.45, 7) is -0.259. The normalized spacial score (nSPS) is 9.85. The number of halogens is 2. The first-order valence-corrected chi connectivity index (χ1v) is 6.50. The Kier molecular flexibility index (Phi) is 4.49. The zero-order chi connectivity index (χ0) is 14.5. The average molecular weight is 334 g/mol. The molecule has 2 aromatic rings. The minimum atomic E-state index is -0.535. The number of hydrogen-bond acceptors (Lipinski definition) is 3. The van der Waals surface area contributed by atoms with Crippen LogP contribution in [0.1, 0.15) is 15.9 Å². The van der Waals surface area contributed by atoms with Crippen LogP contribution in [0.3, 0.4) is 0 Å². The lowest BCUT2D eigenvalue weighted by molar-refractivity contribution is 0.0919. The number of benzene rings is 2.